The zero-order valence-electron chi connectivity index (χ0n) is 9.72. The molecule has 3 nitrogen and oxygen atoms in total. The third-order valence-corrected chi connectivity index (χ3v) is 3.12. The van der Waals surface area contributed by atoms with Gasteiger partial charge in [0.25, 0.3) is 0 Å². The molecular formula is C13H19NO2. The van der Waals surface area contributed by atoms with Crippen LogP contribution in [0.4, 0.5) is 0 Å². The molecule has 1 atom stereocenters. The number of morpholine rings is 1. The van der Waals surface area contributed by atoms with E-state index in [2.05, 4.69) is 36.1 Å². The van der Waals surface area contributed by atoms with E-state index in [1.807, 2.05) is 0 Å². The number of aryl methyl sites for hydroxylation is 1. The van der Waals surface area contributed by atoms with Crippen molar-refractivity contribution in [2.75, 3.05) is 32.9 Å². The fourth-order valence-electron chi connectivity index (χ4n) is 2.11. The molecule has 1 N–H and O–H groups in total. The van der Waals surface area contributed by atoms with Crippen molar-refractivity contribution < 1.29 is 9.84 Å². The molecule has 1 aromatic carbocycles. The second kappa shape index (κ2) is 5.43. The lowest BCUT2D eigenvalue weighted by atomic mass is 10.0. The molecule has 88 valence electrons. The summed E-state index contributed by atoms with van der Waals surface area (Å²) in [5.41, 5.74) is 2.44. The first-order valence-electron chi connectivity index (χ1n) is 5.80. The quantitative estimate of drug-likeness (QED) is 0.836. The van der Waals surface area contributed by atoms with Crippen LogP contribution in [-0.4, -0.2) is 42.9 Å². The van der Waals surface area contributed by atoms with Crippen molar-refractivity contribution in [3.05, 3.63) is 35.4 Å². The number of nitrogens with zero attached hydrogens (tertiary/aromatic N) is 1. The second-order valence-corrected chi connectivity index (χ2v) is 4.26. The van der Waals surface area contributed by atoms with Crippen molar-refractivity contribution in [3.63, 3.8) is 0 Å². The molecule has 0 saturated carbocycles. The van der Waals surface area contributed by atoms with Crippen LogP contribution in [0.15, 0.2) is 24.3 Å². The first-order valence-corrected chi connectivity index (χ1v) is 5.80. The van der Waals surface area contributed by atoms with Gasteiger partial charge in [-0.1, -0.05) is 29.8 Å². The number of aliphatic hydroxyl groups is 1. The van der Waals surface area contributed by atoms with Crippen molar-refractivity contribution >= 4 is 0 Å². The van der Waals surface area contributed by atoms with Crippen LogP contribution in [0.1, 0.15) is 17.2 Å². The SMILES string of the molecule is Cc1ccc([C@@H](CO)N2CCOCC2)cc1. The fourth-order valence-corrected chi connectivity index (χ4v) is 2.11. The van der Waals surface area contributed by atoms with Gasteiger partial charge in [0.2, 0.25) is 0 Å². The minimum absolute atomic E-state index is 0.115. The molecule has 1 aliphatic rings. The molecule has 1 saturated heterocycles. The van der Waals surface area contributed by atoms with Crippen LogP contribution in [0, 0.1) is 6.92 Å². The summed E-state index contributed by atoms with van der Waals surface area (Å²) in [7, 11) is 0. The monoisotopic (exact) mass is 221 g/mol. The Labute approximate surface area is 96.6 Å². The van der Waals surface area contributed by atoms with Crippen molar-refractivity contribution in [1.29, 1.82) is 0 Å². The summed E-state index contributed by atoms with van der Waals surface area (Å²) in [5.74, 6) is 0. The number of benzene rings is 1. The van der Waals surface area contributed by atoms with Gasteiger partial charge in [0.15, 0.2) is 0 Å². The predicted octanol–water partition coefficient (Wildman–Crippen LogP) is 1.36. The van der Waals surface area contributed by atoms with Gasteiger partial charge < -0.3 is 9.84 Å². The first kappa shape index (κ1) is 11.6. The Morgan fingerprint density at radius 1 is 1.25 bits per heavy atom. The van der Waals surface area contributed by atoms with Crippen LogP contribution < -0.4 is 0 Å². The van der Waals surface area contributed by atoms with Crippen LogP contribution in [0.5, 0.6) is 0 Å². The molecule has 16 heavy (non-hydrogen) atoms. The molecule has 1 fully saturated rings. The van der Waals surface area contributed by atoms with Crippen LogP contribution in [0.2, 0.25) is 0 Å². The summed E-state index contributed by atoms with van der Waals surface area (Å²) in [6, 6.07) is 8.51. The van der Waals surface area contributed by atoms with Gasteiger partial charge >= 0.3 is 0 Å². The maximum Gasteiger partial charge on any atom is 0.0628 e. The summed E-state index contributed by atoms with van der Waals surface area (Å²) in [4.78, 5) is 2.29. The highest BCUT2D eigenvalue weighted by Gasteiger charge is 2.21. The summed E-state index contributed by atoms with van der Waals surface area (Å²) in [5, 5.41) is 9.52. The van der Waals surface area contributed by atoms with Crippen LogP contribution in [0.25, 0.3) is 0 Å². The molecule has 0 aliphatic carbocycles. The van der Waals surface area contributed by atoms with Gasteiger partial charge in [0, 0.05) is 13.1 Å². The summed E-state index contributed by atoms with van der Waals surface area (Å²) >= 11 is 0. The maximum atomic E-state index is 9.52. The van der Waals surface area contributed by atoms with Crippen molar-refractivity contribution in [3.8, 4) is 0 Å². The minimum atomic E-state index is 0.115. The van der Waals surface area contributed by atoms with E-state index < -0.39 is 0 Å². The summed E-state index contributed by atoms with van der Waals surface area (Å²) in [6.07, 6.45) is 0. The van der Waals surface area contributed by atoms with Gasteiger partial charge in [-0.25, -0.2) is 0 Å². The molecule has 0 radical (unpaired) electrons. The van der Waals surface area contributed by atoms with E-state index in [-0.39, 0.29) is 12.6 Å². The standard InChI is InChI=1S/C13H19NO2/c1-11-2-4-12(5-3-11)13(10-15)14-6-8-16-9-7-14/h2-5,13,15H,6-10H2,1H3/t13-/m1/s1. The Morgan fingerprint density at radius 2 is 1.88 bits per heavy atom. The first-order chi connectivity index (χ1) is 7.81. The Kier molecular flexibility index (Phi) is 3.93. The number of hydrogen-bond acceptors (Lipinski definition) is 3. The molecule has 0 spiro atoms. The number of rotatable bonds is 3. The van der Waals surface area contributed by atoms with Crippen molar-refractivity contribution in [2.24, 2.45) is 0 Å². The van der Waals surface area contributed by atoms with E-state index in [0.717, 1.165) is 26.3 Å². The Morgan fingerprint density at radius 3 is 2.44 bits per heavy atom. The Hall–Kier alpha value is -0.900. The van der Waals surface area contributed by atoms with Gasteiger partial charge in [0.1, 0.15) is 0 Å². The summed E-state index contributed by atoms with van der Waals surface area (Å²) < 4.78 is 5.33. The average Bonchev–Trinajstić information content (AvgIpc) is 2.34. The molecule has 0 unspecified atom stereocenters. The molecule has 2 rings (SSSR count). The normalized spacial score (nSPS) is 19.6. The summed E-state index contributed by atoms with van der Waals surface area (Å²) in [6.45, 7) is 5.58. The molecule has 3 heteroatoms. The topological polar surface area (TPSA) is 32.7 Å². The number of ether oxygens (including phenoxy) is 1. The third-order valence-electron chi connectivity index (χ3n) is 3.12. The predicted molar refractivity (Wildman–Crippen MR) is 63.4 cm³/mol. The average molecular weight is 221 g/mol. The highest BCUT2D eigenvalue weighted by molar-refractivity contribution is 5.24. The molecule has 1 heterocycles. The van der Waals surface area contributed by atoms with Crippen molar-refractivity contribution in [1.82, 2.24) is 4.90 Å². The zero-order chi connectivity index (χ0) is 11.4. The lowest BCUT2D eigenvalue weighted by molar-refractivity contribution is 0.00259. The van der Waals surface area contributed by atoms with E-state index >= 15 is 0 Å². The lowest BCUT2D eigenvalue weighted by Crippen LogP contribution is -2.40. The van der Waals surface area contributed by atoms with Crippen LogP contribution in [-0.2, 0) is 4.74 Å². The highest BCUT2D eigenvalue weighted by atomic mass is 16.5. The van der Waals surface area contributed by atoms with Gasteiger partial charge in [-0.15, -0.1) is 0 Å². The highest BCUT2D eigenvalue weighted by Crippen LogP contribution is 2.21. The molecule has 0 aromatic heterocycles. The maximum absolute atomic E-state index is 9.52. The minimum Gasteiger partial charge on any atom is -0.394 e. The third kappa shape index (κ3) is 2.61. The molecule has 1 aliphatic heterocycles. The fraction of sp³-hybridized carbons (Fsp3) is 0.538. The number of aliphatic hydroxyl groups excluding tert-OH is 1. The van der Waals surface area contributed by atoms with E-state index in [9.17, 15) is 5.11 Å². The largest absolute Gasteiger partial charge is 0.394 e. The van der Waals surface area contributed by atoms with Gasteiger partial charge in [0.05, 0.1) is 25.9 Å². The molecule has 0 bridgehead atoms. The van der Waals surface area contributed by atoms with Gasteiger partial charge in [-0.05, 0) is 12.5 Å². The van der Waals surface area contributed by atoms with E-state index in [1.54, 1.807) is 0 Å². The van der Waals surface area contributed by atoms with Gasteiger partial charge in [-0.2, -0.15) is 0 Å². The molecule has 0 amide bonds. The second-order valence-electron chi connectivity index (χ2n) is 4.26. The molecule has 1 aromatic rings. The Bertz CT molecular complexity index is 317. The smallest absolute Gasteiger partial charge is 0.0628 e. The zero-order valence-corrected chi connectivity index (χ0v) is 9.72. The number of hydrogen-bond donors (Lipinski definition) is 1. The van der Waals surface area contributed by atoms with E-state index in [0.29, 0.717) is 0 Å². The van der Waals surface area contributed by atoms with Crippen molar-refractivity contribution in [2.45, 2.75) is 13.0 Å². The van der Waals surface area contributed by atoms with Crippen LogP contribution in [0.3, 0.4) is 0 Å². The van der Waals surface area contributed by atoms with E-state index in [1.165, 1.54) is 11.1 Å². The lowest BCUT2D eigenvalue weighted by Gasteiger charge is -2.33. The van der Waals surface area contributed by atoms with Gasteiger partial charge in [-0.3, -0.25) is 4.90 Å². The molecular weight excluding hydrogens is 202 g/mol. The Balaban J connectivity index is 2.11. The van der Waals surface area contributed by atoms with Crippen LogP contribution >= 0.6 is 0 Å². The van der Waals surface area contributed by atoms with E-state index in [4.69, 9.17) is 4.74 Å².